The van der Waals surface area contributed by atoms with Gasteiger partial charge in [0.25, 0.3) is 0 Å². The number of nitrogens with zero attached hydrogens (tertiary/aromatic N) is 1. The minimum atomic E-state index is 0.746. The van der Waals surface area contributed by atoms with Gasteiger partial charge in [0.1, 0.15) is 17.3 Å². The summed E-state index contributed by atoms with van der Waals surface area (Å²) in [6.45, 7) is 3.93. The van der Waals surface area contributed by atoms with Crippen molar-refractivity contribution < 1.29 is 4.74 Å². The Balaban J connectivity index is 2.28. The first-order valence-electron chi connectivity index (χ1n) is 5.68. The lowest BCUT2D eigenvalue weighted by Gasteiger charge is -2.10. The highest BCUT2D eigenvalue weighted by atomic mass is 35.5. The zero-order valence-corrected chi connectivity index (χ0v) is 11.4. The van der Waals surface area contributed by atoms with Crippen molar-refractivity contribution >= 4 is 17.4 Å². The monoisotopic (exact) mass is 262 g/mol. The molecule has 1 aromatic carbocycles. The summed E-state index contributed by atoms with van der Waals surface area (Å²) in [5, 5.41) is 3.76. The van der Waals surface area contributed by atoms with Crippen molar-refractivity contribution in [1.82, 2.24) is 4.98 Å². The van der Waals surface area contributed by atoms with Crippen LogP contribution in [0.25, 0.3) is 0 Å². The molecule has 0 saturated heterocycles. The lowest BCUT2D eigenvalue weighted by atomic mass is 10.1. The van der Waals surface area contributed by atoms with Crippen LogP contribution in [0.15, 0.2) is 30.5 Å². The Hall–Kier alpha value is -1.74. The van der Waals surface area contributed by atoms with Crippen LogP contribution in [0, 0.1) is 13.8 Å². The van der Waals surface area contributed by atoms with Gasteiger partial charge in [-0.05, 0) is 43.2 Å². The van der Waals surface area contributed by atoms with E-state index < -0.39 is 0 Å². The number of aryl methyl sites for hydroxylation is 2. The van der Waals surface area contributed by atoms with Gasteiger partial charge in [-0.3, -0.25) is 0 Å². The van der Waals surface area contributed by atoms with E-state index in [9.17, 15) is 0 Å². The average molecular weight is 263 g/mol. The minimum Gasteiger partial charge on any atom is -0.457 e. The van der Waals surface area contributed by atoms with E-state index in [1.54, 1.807) is 6.20 Å². The molecule has 0 fully saturated rings. The molecule has 0 unspecified atom stereocenters. The van der Waals surface area contributed by atoms with E-state index in [0.717, 1.165) is 33.5 Å². The van der Waals surface area contributed by atoms with Gasteiger partial charge < -0.3 is 10.1 Å². The van der Waals surface area contributed by atoms with Crippen LogP contribution in [0.4, 0.5) is 5.82 Å². The molecule has 0 aliphatic carbocycles. The third-order valence-corrected chi connectivity index (χ3v) is 3.23. The summed E-state index contributed by atoms with van der Waals surface area (Å²) in [7, 11) is 1.82. The van der Waals surface area contributed by atoms with Crippen molar-refractivity contribution in [3.63, 3.8) is 0 Å². The molecule has 0 aliphatic rings. The van der Waals surface area contributed by atoms with Gasteiger partial charge in [0, 0.05) is 24.3 Å². The minimum absolute atomic E-state index is 0.746. The highest BCUT2D eigenvalue weighted by molar-refractivity contribution is 6.32. The van der Waals surface area contributed by atoms with Crippen LogP contribution in [0.5, 0.6) is 11.5 Å². The number of hydrogen-bond acceptors (Lipinski definition) is 3. The molecule has 3 nitrogen and oxygen atoms in total. The van der Waals surface area contributed by atoms with Crippen molar-refractivity contribution in [1.29, 1.82) is 0 Å². The number of hydrogen-bond donors (Lipinski definition) is 1. The predicted molar refractivity (Wildman–Crippen MR) is 74.8 cm³/mol. The Labute approximate surface area is 112 Å². The van der Waals surface area contributed by atoms with Crippen LogP contribution in [-0.2, 0) is 0 Å². The van der Waals surface area contributed by atoms with Crippen LogP contribution in [0.3, 0.4) is 0 Å². The molecule has 2 rings (SSSR count). The van der Waals surface area contributed by atoms with Gasteiger partial charge in [-0.2, -0.15) is 0 Å². The molecule has 1 N–H and O–H groups in total. The maximum absolute atomic E-state index is 6.12. The zero-order chi connectivity index (χ0) is 13.1. The summed E-state index contributed by atoms with van der Waals surface area (Å²) < 4.78 is 5.80. The highest BCUT2D eigenvalue weighted by Gasteiger charge is 2.05. The van der Waals surface area contributed by atoms with Crippen LogP contribution in [0.1, 0.15) is 11.1 Å². The number of anilines is 1. The Morgan fingerprint density at radius 2 is 1.78 bits per heavy atom. The number of rotatable bonds is 3. The first-order chi connectivity index (χ1) is 8.60. The zero-order valence-electron chi connectivity index (χ0n) is 10.6. The number of nitrogens with one attached hydrogen (secondary N) is 1. The van der Waals surface area contributed by atoms with E-state index in [0.29, 0.717) is 0 Å². The molecule has 0 bridgehead atoms. The summed E-state index contributed by atoms with van der Waals surface area (Å²) in [5.41, 5.74) is 2.02. The van der Waals surface area contributed by atoms with E-state index in [1.165, 1.54) is 0 Å². The fourth-order valence-electron chi connectivity index (χ4n) is 1.71. The maximum Gasteiger partial charge on any atom is 0.132 e. The predicted octanol–water partition coefficient (Wildman–Crippen LogP) is 4.19. The van der Waals surface area contributed by atoms with Crippen molar-refractivity contribution in [3.8, 4) is 11.5 Å². The summed E-state index contributed by atoms with van der Waals surface area (Å²) in [5.74, 6) is 2.30. The molecule has 1 heterocycles. The van der Waals surface area contributed by atoms with Crippen LogP contribution in [-0.4, -0.2) is 12.0 Å². The van der Waals surface area contributed by atoms with Crippen molar-refractivity contribution in [2.24, 2.45) is 0 Å². The Bertz CT molecular complexity index is 546. The standard InChI is InChI=1S/C14H15ClN2O/c1-9-6-12(7-10(2)14(9)15)18-11-4-5-17-13(8-11)16-3/h4-8H,1-3H3,(H,16,17). The topological polar surface area (TPSA) is 34.1 Å². The summed E-state index contributed by atoms with van der Waals surface area (Å²) in [6.07, 6.45) is 1.71. The van der Waals surface area contributed by atoms with E-state index in [2.05, 4.69) is 10.3 Å². The highest BCUT2D eigenvalue weighted by Crippen LogP contribution is 2.29. The SMILES string of the molecule is CNc1cc(Oc2cc(C)c(Cl)c(C)c2)ccn1. The molecule has 0 saturated carbocycles. The summed E-state index contributed by atoms with van der Waals surface area (Å²) in [6, 6.07) is 7.52. The molecule has 4 heteroatoms. The number of pyridine rings is 1. The third-order valence-electron chi connectivity index (χ3n) is 2.63. The molecule has 18 heavy (non-hydrogen) atoms. The number of benzene rings is 1. The lowest BCUT2D eigenvalue weighted by Crippen LogP contribution is -1.93. The number of ether oxygens (including phenoxy) is 1. The quantitative estimate of drug-likeness (QED) is 0.901. The smallest absolute Gasteiger partial charge is 0.132 e. The number of aromatic nitrogens is 1. The summed E-state index contributed by atoms with van der Waals surface area (Å²) in [4.78, 5) is 4.14. The van der Waals surface area contributed by atoms with Crippen molar-refractivity contribution in [2.75, 3.05) is 12.4 Å². The van der Waals surface area contributed by atoms with E-state index >= 15 is 0 Å². The molecule has 0 atom stereocenters. The molecule has 94 valence electrons. The molecule has 2 aromatic rings. The normalized spacial score (nSPS) is 10.2. The fourth-order valence-corrected chi connectivity index (χ4v) is 1.82. The van der Waals surface area contributed by atoms with Crippen LogP contribution < -0.4 is 10.1 Å². The van der Waals surface area contributed by atoms with Crippen molar-refractivity contribution in [2.45, 2.75) is 13.8 Å². The molecular formula is C14H15ClN2O. The Morgan fingerprint density at radius 1 is 1.11 bits per heavy atom. The Morgan fingerprint density at radius 3 is 2.39 bits per heavy atom. The van der Waals surface area contributed by atoms with Crippen LogP contribution >= 0.6 is 11.6 Å². The van der Waals surface area contributed by atoms with Crippen molar-refractivity contribution in [3.05, 3.63) is 46.6 Å². The second-order valence-electron chi connectivity index (χ2n) is 4.10. The Kier molecular flexibility index (Phi) is 3.72. The first-order valence-corrected chi connectivity index (χ1v) is 6.06. The second-order valence-corrected chi connectivity index (χ2v) is 4.48. The molecule has 0 aliphatic heterocycles. The maximum atomic E-state index is 6.12. The molecule has 0 amide bonds. The van der Waals surface area contributed by atoms with E-state index in [-0.39, 0.29) is 0 Å². The summed E-state index contributed by atoms with van der Waals surface area (Å²) >= 11 is 6.12. The number of halogens is 1. The van der Waals surface area contributed by atoms with Gasteiger partial charge in [-0.15, -0.1) is 0 Å². The third kappa shape index (κ3) is 2.74. The largest absolute Gasteiger partial charge is 0.457 e. The molecule has 0 radical (unpaired) electrons. The average Bonchev–Trinajstić information content (AvgIpc) is 2.36. The van der Waals surface area contributed by atoms with Gasteiger partial charge in [-0.25, -0.2) is 4.98 Å². The van der Waals surface area contributed by atoms with E-state index in [1.807, 2.05) is 45.2 Å². The fraction of sp³-hybridized carbons (Fsp3) is 0.214. The van der Waals surface area contributed by atoms with E-state index in [4.69, 9.17) is 16.3 Å². The van der Waals surface area contributed by atoms with Gasteiger partial charge in [0.15, 0.2) is 0 Å². The lowest BCUT2D eigenvalue weighted by molar-refractivity contribution is 0.481. The molecular weight excluding hydrogens is 248 g/mol. The van der Waals surface area contributed by atoms with Gasteiger partial charge in [0.05, 0.1) is 0 Å². The molecule has 1 aromatic heterocycles. The van der Waals surface area contributed by atoms with Crippen LogP contribution in [0.2, 0.25) is 5.02 Å². The second kappa shape index (κ2) is 5.27. The van der Waals surface area contributed by atoms with Gasteiger partial charge in [-0.1, -0.05) is 11.6 Å². The first kappa shape index (κ1) is 12.7. The molecule has 0 spiro atoms. The van der Waals surface area contributed by atoms with Gasteiger partial charge >= 0.3 is 0 Å². The van der Waals surface area contributed by atoms with Gasteiger partial charge in [0.2, 0.25) is 0 Å².